The maximum atomic E-state index is 12.4. The first kappa shape index (κ1) is 19.7. The zero-order chi connectivity index (χ0) is 19.0. The lowest BCUT2D eigenvalue weighted by Gasteiger charge is -2.29. The van der Waals surface area contributed by atoms with E-state index >= 15 is 0 Å². The van der Waals surface area contributed by atoms with Crippen molar-refractivity contribution in [2.24, 2.45) is 0 Å². The maximum Gasteiger partial charge on any atom is 0.315 e. The molecule has 0 aliphatic heterocycles. The van der Waals surface area contributed by atoms with E-state index < -0.39 is 17.5 Å². The highest BCUT2D eigenvalue weighted by Crippen LogP contribution is 2.27. The third-order valence-electron chi connectivity index (χ3n) is 4.62. The van der Waals surface area contributed by atoms with Gasteiger partial charge in [0, 0.05) is 6.54 Å². The number of aliphatic carboxylic acids is 1. The third kappa shape index (κ3) is 4.70. The maximum absolute atomic E-state index is 12.4. The van der Waals surface area contributed by atoms with Crippen molar-refractivity contribution in [2.75, 3.05) is 6.54 Å². The van der Waals surface area contributed by atoms with Gasteiger partial charge in [0.2, 0.25) is 5.91 Å². The second kappa shape index (κ2) is 9.15. The Morgan fingerprint density at radius 3 is 2.19 bits per heavy atom. The molecule has 0 spiro atoms. The summed E-state index contributed by atoms with van der Waals surface area (Å²) in [5.41, 5.74) is 0.494. The molecule has 138 valence electrons. The average molecular weight is 355 g/mol. The summed E-state index contributed by atoms with van der Waals surface area (Å²) in [5.74, 6) is -1.28. The number of rotatable bonds is 9. The van der Waals surface area contributed by atoms with Crippen molar-refractivity contribution >= 4 is 11.9 Å². The van der Waals surface area contributed by atoms with Crippen LogP contribution in [0.4, 0.5) is 0 Å². The minimum Gasteiger partial charge on any atom is -0.481 e. The van der Waals surface area contributed by atoms with Crippen molar-refractivity contribution in [3.05, 3.63) is 71.8 Å². The predicted molar refractivity (Wildman–Crippen MR) is 99.7 cm³/mol. The number of benzene rings is 2. The Bertz CT molecular complexity index is 717. The van der Waals surface area contributed by atoms with Gasteiger partial charge in [-0.2, -0.15) is 0 Å². The van der Waals surface area contributed by atoms with Crippen LogP contribution in [-0.2, 0) is 26.3 Å². The van der Waals surface area contributed by atoms with Crippen molar-refractivity contribution in [1.29, 1.82) is 0 Å². The van der Waals surface area contributed by atoms with Crippen LogP contribution in [0.5, 0.6) is 0 Å². The fourth-order valence-corrected chi connectivity index (χ4v) is 2.79. The summed E-state index contributed by atoms with van der Waals surface area (Å²) in [6.07, 6.45) is -0.305. The molecule has 26 heavy (non-hydrogen) atoms. The molecule has 1 amide bonds. The van der Waals surface area contributed by atoms with Gasteiger partial charge in [0.15, 0.2) is 0 Å². The van der Waals surface area contributed by atoms with Gasteiger partial charge in [0.05, 0.1) is 6.61 Å². The van der Waals surface area contributed by atoms with Crippen molar-refractivity contribution < 1.29 is 19.4 Å². The number of carbonyl (C=O) groups is 2. The van der Waals surface area contributed by atoms with Crippen LogP contribution in [0.3, 0.4) is 0 Å². The van der Waals surface area contributed by atoms with Crippen molar-refractivity contribution in [3.63, 3.8) is 0 Å². The Balaban J connectivity index is 1.99. The Hall–Kier alpha value is -2.66. The Kier molecular flexibility index (Phi) is 6.92. The molecule has 2 N–H and O–H groups in total. The zero-order valence-corrected chi connectivity index (χ0v) is 15.1. The highest BCUT2D eigenvalue weighted by atomic mass is 16.5. The fraction of sp³-hybridized carbons (Fsp3) is 0.333. The number of ether oxygens (including phenoxy) is 1. The molecule has 0 saturated carbocycles. The largest absolute Gasteiger partial charge is 0.481 e. The van der Waals surface area contributed by atoms with Gasteiger partial charge < -0.3 is 15.2 Å². The molecule has 0 fully saturated rings. The molecular formula is C21H25NO4. The van der Waals surface area contributed by atoms with E-state index in [0.717, 1.165) is 5.56 Å². The molecular weight excluding hydrogens is 330 g/mol. The molecule has 0 aliphatic rings. The lowest BCUT2D eigenvalue weighted by Crippen LogP contribution is -2.48. The van der Waals surface area contributed by atoms with E-state index in [2.05, 4.69) is 5.32 Å². The SMILES string of the molecule is CCC(CNC(=O)C(C)OCc1ccccc1)(C(=O)O)c1ccccc1. The number of hydrogen-bond acceptors (Lipinski definition) is 3. The van der Waals surface area contributed by atoms with Gasteiger partial charge in [0.25, 0.3) is 0 Å². The minimum atomic E-state index is -1.16. The van der Waals surface area contributed by atoms with E-state index in [1.165, 1.54) is 0 Å². The number of amides is 1. The van der Waals surface area contributed by atoms with E-state index in [0.29, 0.717) is 18.6 Å². The van der Waals surface area contributed by atoms with Gasteiger partial charge in [-0.25, -0.2) is 0 Å². The number of carboxylic acids is 1. The zero-order valence-electron chi connectivity index (χ0n) is 15.1. The molecule has 2 rings (SSSR count). The van der Waals surface area contributed by atoms with Crippen molar-refractivity contribution in [1.82, 2.24) is 5.32 Å². The molecule has 2 atom stereocenters. The first-order valence-corrected chi connectivity index (χ1v) is 8.71. The molecule has 5 nitrogen and oxygen atoms in total. The third-order valence-corrected chi connectivity index (χ3v) is 4.62. The summed E-state index contributed by atoms with van der Waals surface area (Å²) < 4.78 is 5.60. The van der Waals surface area contributed by atoms with Gasteiger partial charge >= 0.3 is 5.97 Å². The quantitative estimate of drug-likeness (QED) is 0.725. The van der Waals surface area contributed by atoms with Crippen LogP contribution in [0.15, 0.2) is 60.7 Å². The molecule has 2 aromatic rings. The molecule has 2 unspecified atom stereocenters. The van der Waals surface area contributed by atoms with Crippen LogP contribution >= 0.6 is 0 Å². The summed E-state index contributed by atoms with van der Waals surface area (Å²) in [5, 5.41) is 12.5. The highest BCUT2D eigenvalue weighted by molar-refractivity contribution is 5.85. The topological polar surface area (TPSA) is 75.6 Å². The van der Waals surface area contributed by atoms with Gasteiger partial charge in [-0.3, -0.25) is 9.59 Å². The monoisotopic (exact) mass is 355 g/mol. The first-order chi connectivity index (χ1) is 12.5. The van der Waals surface area contributed by atoms with Crippen LogP contribution < -0.4 is 5.32 Å². The number of hydrogen-bond donors (Lipinski definition) is 2. The highest BCUT2D eigenvalue weighted by Gasteiger charge is 2.39. The average Bonchev–Trinajstić information content (AvgIpc) is 2.68. The predicted octanol–water partition coefficient (Wildman–Crippen LogP) is 3.14. The number of nitrogens with one attached hydrogen (secondary N) is 1. The summed E-state index contributed by atoms with van der Waals surface area (Å²) in [4.78, 5) is 24.3. The Morgan fingerprint density at radius 2 is 1.65 bits per heavy atom. The van der Waals surface area contributed by atoms with E-state index in [-0.39, 0.29) is 12.5 Å². The van der Waals surface area contributed by atoms with E-state index in [4.69, 9.17) is 4.74 Å². The normalized spacial score (nSPS) is 14.2. The number of carboxylic acid groups (broad SMARTS) is 1. The van der Waals surface area contributed by atoms with Crippen molar-refractivity contribution in [3.8, 4) is 0 Å². The van der Waals surface area contributed by atoms with Crippen LogP contribution in [0.25, 0.3) is 0 Å². The molecule has 0 aromatic heterocycles. The van der Waals surface area contributed by atoms with E-state index in [1.807, 2.05) is 43.3 Å². The summed E-state index contributed by atoms with van der Waals surface area (Å²) in [7, 11) is 0. The molecule has 5 heteroatoms. The molecule has 0 bridgehead atoms. The smallest absolute Gasteiger partial charge is 0.315 e. The van der Waals surface area contributed by atoms with Gasteiger partial charge in [-0.15, -0.1) is 0 Å². The minimum absolute atomic E-state index is 0.0146. The molecule has 2 aromatic carbocycles. The standard InChI is InChI=1S/C21H25NO4/c1-3-21(20(24)25,18-12-8-5-9-13-18)15-22-19(23)16(2)26-14-17-10-6-4-7-11-17/h4-13,16H,3,14-15H2,1-2H3,(H,22,23)(H,24,25). The molecule has 0 saturated heterocycles. The lowest BCUT2D eigenvalue weighted by molar-refractivity contribution is -0.144. The fourth-order valence-electron chi connectivity index (χ4n) is 2.79. The van der Waals surface area contributed by atoms with E-state index in [9.17, 15) is 14.7 Å². The number of carbonyl (C=O) groups excluding carboxylic acids is 1. The summed E-state index contributed by atoms with van der Waals surface area (Å²) in [6, 6.07) is 18.6. The summed E-state index contributed by atoms with van der Waals surface area (Å²) >= 11 is 0. The second-order valence-electron chi connectivity index (χ2n) is 6.26. The molecule has 0 heterocycles. The van der Waals surface area contributed by atoms with E-state index in [1.54, 1.807) is 31.2 Å². The van der Waals surface area contributed by atoms with Crippen LogP contribution in [-0.4, -0.2) is 29.6 Å². The Labute approximate surface area is 154 Å². The first-order valence-electron chi connectivity index (χ1n) is 8.71. The van der Waals surface area contributed by atoms with Crippen LogP contribution in [0.1, 0.15) is 31.4 Å². The summed E-state index contributed by atoms with van der Waals surface area (Å²) in [6.45, 7) is 3.81. The van der Waals surface area contributed by atoms with Crippen LogP contribution in [0.2, 0.25) is 0 Å². The van der Waals surface area contributed by atoms with Crippen LogP contribution in [0, 0.1) is 0 Å². The second-order valence-corrected chi connectivity index (χ2v) is 6.26. The lowest BCUT2D eigenvalue weighted by atomic mass is 9.78. The Morgan fingerprint density at radius 1 is 1.08 bits per heavy atom. The molecule has 0 aliphatic carbocycles. The molecule has 0 radical (unpaired) electrons. The van der Waals surface area contributed by atoms with Gasteiger partial charge in [-0.05, 0) is 24.5 Å². The van der Waals surface area contributed by atoms with Gasteiger partial charge in [0.1, 0.15) is 11.5 Å². The van der Waals surface area contributed by atoms with Gasteiger partial charge in [-0.1, -0.05) is 67.6 Å². The van der Waals surface area contributed by atoms with Crippen molar-refractivity contribution in [2.45, 2.75) is 38.4 Å².